The van der Waals surface area contributed by atoms with Crippen molar-refractivity contribution in [2.45, 2.75) is 38.5 Å². The molecular formula is C21H25ClN2O4. The Morgan fingerprint density at radius 1 is 1.04 bits per heavy atom. The van der Waals surface area contributed by atoms with Crippen LogP contribution in [0.5, 0.6) is 0 Å². The number of esters is 1. The van der Waals surface area contributed by atoms with Gasteiger partial charge in [0.25, 0.3) is 5.91 Å². The third kappa shape index (κ3) is 4.02. The third-order valence-electron chi connectivity index (χ3n) is 6.43. The molecule has 4 saturated carbocycles. The van der Waals surface area contributed by atoms with Crippen molar-refractivity contribution in [3.05, 3.63) is 29.3 Å². The van der Waals surface area contributed by atoms with Crippen LogP contribution in [0.25, 0.3) is 0 Å². The lowest BCUT2D eigenvalue weighted by atomic mass is 9.49. The van der Waals surface area contributed by atoms with E-state index in [1.165, 1.54) is 19.3 Å². The summed E-state index contributed by atoms with van der Waals surface area (Å²) in [4.78, 5) is 36.7. The lowest BCUT2D eigenvalue weighted by Gasteiger charge is -2.55. The lowest BCUT2D eigenvalue weighted by Crippen LogP contribution is -2.54. The van der Waals surface area contributed by atoms with Crippen LogP contribution in [0, 0.1) is 23.2 Å². The summed E-state index contributed by atoms with van der Waals surface area (Å²) in [5, 5.41) is 5.75. The molecule has 4 fully saturated rings. The number of halogens is 1. The number of amides is 2. The normalized spacial score (nSPS) is 30.0. The number of anilines is 1. The number of benzene rings is 1. The molecule has 4 aliphatic carbocycles. The van der Waals surface area contributed by atoms with Gasteiger partial charge < -0.3 is 15.4 Å². The highest BCUT2D eigenvalue weighted by Gasteiger charge is 2.54. The molecule has 28 heavy (non-hydrogen) atoms. The molecule has 7 heteroatoms. The first-order valence-electron chi connectivity index (χ1n) is 9.92. The van der Waals surface area contributed by atoms with Crippen molar-refractivity contribution in [2.24, 2.45) is 23.2 Å². The zero-order valence-corrected chi connectivity index (χ0v) is 16.5. The fourth-order valence-corrected chi connectivity index (χ4v) is 5.86. The number of carbonyl (C=O) groups is 3. The molecule has 5 rings (SSSR count). The number of rotatable bonds is 6. The Bertz CT molecular complexity index is 759. The largest absolute Gasteiger partial charge is 0.454 e. The molecule has 0 aliphatic heterocycles. The summed E-state index contributed by atoms with van der Waals surface area (Å²) in [5.74, 6) is 0.873. The Labute approximate surface area is 169 Å². The van der Waals surface area contributed by atoms with Gasteiger partial charge in [0.15, 0.2) is 6.61 Å². The van der Waals surface area contributed by atoms with Crippen molar-refractivity contribution in [1.82, 2.24) is 5.32 Å². The summed E-state index contributed by atoms with van der Waals surface area (Å²) in [7, 11) is 0. The number of para-hydroxylation sites is 1. The predicted molar refractivity (Wildman–Crippen MR) is 105 cm³/mol. The Kier molecular flexibility index (Phi) is 5.32. The molecule has 0 unspecified atom stereocenters. The number of hydrogen-bond acceptors (Lipinski definition) is 4. The molecule has 0 saturated heterocycles. The summed E-state index contributed by atoms with van der Waals surface area (Å²) in [6.07, 6.45) is 6.61. The van der Waals surface area contributed by atoms with Crippen LogP contribution in [0.1, 0.15) is 38.5 Å². The van der Waals surface area contributed by atoms with Crippen LogP contribution in [0.3, 0.4) is 0 Å². The number of nitrogens with one attached hydrogen (secondary N) is 2. The second-order valence-corrected chi connectivity index (χ2v) is 8.98. The predicted octanol–water partition coefficient (Wildman–Crippen LogP) is 3.15. The van der Waals surface area contributed by atoms with Crippen molar-refractivity contribution in [1.29, 1.82) is 0 Å². The molecule has 4 bridgehead atoms. The molecule has 0 aromatic heterocycles. The first kappa shape index (κ1) is 19.2. The van der Waals surface area contributed by atoms with Crippen LogP contribution in [0.4, 0.5) is 5.69 Å². The van der Waals surface area contributed by atoms with E-state index in [2.05, 4.69) is 10.6 Å². The average molecular weight is 405 g/mol. The standard InChI is InChI=1S/C21H25ClN2O4/c22-16-3-1-2-4-17(16)24-18(25)12-28-19(26)11-23-20(27)21-8-13-5-14(9-21)7-15(6-13)10-21/h1-4,13-15H,5-12H2,(H,23,27)(H,24,25). The van der Waals surface area contributed by atoms with E-state index < -0.39 is 18.5 Å². The molecule has 0 heterocycles. The van der Waals surface area contributed by atoms with E-state index in [1.54, 1.807) is 24.3 Å². The molecule has 150 valence electrons. The summed E-state index contributed by atoms with van der Waals surface area (Å²) in [5.41, 5.74) is 0.163. The fraction of sp³-hybridized carbons (Fsp3) is 0.571. The van der Waals surface area contributed by atoms with E-state index in [0.717, 1.165) is 19.3 Å². The quantitative estimate of drug-likeness (QED) is 0.713. The monoisotopic (exact) mass is 404 g/mol. The Morgan fingerprint density at radius 3 is 2.25 bits per heavy atom. The molecular weight excluding hydrogens is 380 g/mol. The maximum atomic E-state index is 12.8. The van der Waals surface area contributed by atoms with E-state index in [1.807, 2.05) is 0 Å². The van der Waals surface area contributed by atoms with Crippen molar-refractivity contribution >= 4 is 35.1 Å². The zero-order chi connectivity index (χ0) is 19.7. The maximum absolute atomic E-state index is 12.8. The summed E-state index contributed by atoms with van der Waals surface area (Å²) in [6.45, 7) is -0.628. The van der Waals surface area contributed by atoms with Gasteiger partial charge in [0, 0.05) is 5.41 Å². The van der Waals surface area contributed by atoms with Crippen LogP contribution < -0.4 is 10.6 Å². The second-order valence-electron chi connectivity index (χ2n) is 8.57. The van der Waals surface area contributed by atoms with Crippen LogP contribution in [0.15, 0.2) is 24.3 Å². The minimum absolute atomic E-state index is 0.0240. The minimum Gasteiger partial charge on any atom is -0.454 e. The average Bonchev–Trinajstić information content (AvgIpc) is 2.65. The highest BCUT2D eigenvalue weighted by molar-refractivity contribution is 6.33. The molecule has 0 atom stereocenters. The smallest absolute Gasteiger partial charge is 0.325 e. The van der Waals surface area contributed by atoms with E-state index in [4.69, 9.17) is 16.3 Å². The Morgan fingerprint density at radius 2 is 1.64 bits per heavy atom. The summed E-state index contributed by atoms with van der Waals surface area (Å²) in [6, 6.07) is 6.81. The molecule has 0 radical (unpaired) electrons. The molecule has 4 aliphatic rings. The summed E-state index contributed by atoms with van der Waals surface area (Å²) < 4.78 is 4.98. The SMILES string of the molecule is O=C(COC(=O)CNC(=O)C12CC3CC(CC(C3)C1)C2)Nc1ccccc1Cl. The second kappa shape index (κ2) is 7.74. The van der Waals surface area contributed by atoms with Gasteiger partial charge >= 0.3 is 5.97 Å². The Hall–Kier alpha value is -2.08. The zero-order valence-electron chi connectivity index (χ0n) is 15.7. The van der Waals surface area contributed by atoms with Crippen molar-refractivity contribution in [3.63, 3.8) is 0 Å². The van der Waals surface area contributed by atoms with Gasteiger partial charge in [0.2, 0.25) is 5.91 Å². The van der Waals surface area contributed by atoms with E-state index in [9.17, 15) is 14.4 Å². The van der Waals surface area contributed by atoms with Crippen molar-refractivity contribution in [3.8, 4) is 0 Å². The number of ether oxygens (including phenoxy) is 1. The highest BCUT2D eigenvalue weighted by atomic mass is 35.5. The van der Waals surface area contributed by atoms with Crippen LogP contribution in [0.2, 0.25) is 5.02 Å². The number of hydrogen-bond donors (Lipinski definition) is 2. The van der Waals surface area contributed by atoms with E-state index >= 15 is 0 Å². The van der Waals surface area contributed by atoms with Gasteiger partial charge in [-0.05, 0) is 68.4 Å². The number of carbonyl (C=O) groups excluding carboxylic acids is 3. The third-order valence-corrected chi connectivity index (χ3v) is 6.75. The van der Waals surface area contributed by atoms with Gasteiger partial charge in [-0.3, -0.25) is 14.4 Å². The van der Waals surface area contributed by atoms with Gasteiger partial charge in [-0.15, -0.1) is 0 Å². The molecule has 2 N–H and O–H groups in total. The molecule has 1 aromatic rings. The molecule has 2 amide bonds. The van der Waals surface area contributed by atoms with E-state index in [0.29, 0.717) is 28.5 Å². The Balaban J connectivity index is 1.22. The van der Waals surface area contributed by atoms with E-state index in [-0.39, 0.29) is 17.9 Å². The van der Waals surface area contributed by atoms with Crippen LogP contribution in [-0.2, 0) is 19.1 Å². The molecule has 6 nitrogen and oxygen atoms in total. The maximum Gasteiger partial charge on any atom is 0.325 e. The first-order valence-corrected chi connectivity index (χ1v) is 10.3. The molecule has 1 aromatic carbocycles. The van der Waals surface area contributed by atoms with Crippen LogP contribution >= 0.6 is 11.6 Å². The van der Waals surface area contributed by atoms with Gasteiger partial charge in [-0.25, -0.2) is 0 Å². The summed E-state index contributed by atoms with van der Waals surface area (Å²) >= 11 is 5.97. The molecule has 0 spiro atoms. The topological polar surface area (TPSA) is 84.5 Å². The van der Waals surface area contributed by atoms with Gasteiger partial charge in [-0.1, -0.05) is 23.7 Å². The van der Waals surface area contributed by atoms with Gasteiger partial charge in [-0.2, -0.15) is 0 Å². The first-order chi connectivity index (χ1) is 13.4. The van der Waals surface area contributed by atoms with Crippen LogP contribution in [-0.4, -0.2) is 30.9 Å². The fourth-order valence-electron chi connectivity index (χ4n) is 5.67. The highest BCUT2D eigenvalue weighted by Crippen LogP contribution is 2.60. The lowest BCUT2D eigenvalue weighted by molar-refractivity contribution is -0.152. The van der Waals surface area contributed by atoms with Gasteiger partial charge in [0.1, 0.15) is 6.54 Å². The van der Waals surface area contributed by atoms with Gasteiger partial charge in [0.05, 0.1) is 10.7 Å². The van der Waals surface area contributed by atoms with Crippen molar-refractivity contribution in [2.75, 3.05) is 18.5 Å². The minimum atomic E-state index is -0.618. The van der Waals surface area contributed by atoms with Crippen molar-refractivity contribution < 1.29 is 19.1 Å².